The number of carbonyl (C=O) groups is 3. The van der Waals surface area contributed by atoms with Gasteiger partial charge in [0.05, 0.1) is 12.6 Å². The zero-order valence-electron chi connectivity index (χ0n) is 16.8. The molecule has 0 aliphatic carbocycles. The van der Waals surface area contributed by atoms with Gasteiger partial charge in [0.2, 0.25) is 5.91 Å². The van der Waals surface area contributed by atoms with E-state index < -0.39 is 0 Å². The number of amides is 3. The Morgan fingerprint density at radius 1 is 1.12 bits per heavy atom. The second kappa shape index (κ2) is 12.8. The summed E-state index contributed by atoms with van der Waals surface area (Å²) in [6.07, 6.45) is 2.80. The largest absolute Gasteiger partial charge is 0.334 e. The van der Waals surface area contributed by atoms with Gasteiger partial charge in [-0.15, -0.1) is 0 Å². The number of nitrogens with zero attached hydrogens (tertiary/aromatic N) is 1. The molecule has 1 atom stereocenters. The molecule has 0 aromatic carbocycles. The lowest BCUT2D eigenvalue weighted by Gasteiger charge is -2.24. The summed E-state index contributed by atoms with van der Waals surface area (Å²) in [5.41, 5.74) is -0.345. The molecule has 0 spiro atoms. The number of Topliss-reactive ketones (excluding diaryl/α,β-unsaturated/α-hetero) is 1. The maximum Gasteiger partial charge on any atom is 0.315 e. The summed E-state index contributed by atoms with van der Waals surface area (Å²) < 4.78 is 0. The third kappa shape index (κ3) is 11.0. The first-order chi connectivity index (χ1) is 11.1. The molecule has 2 N–H and O–H groups in total. The SMILES string of the molecule is CC.CC(=O)C1CCCN1C(=O)CNC(=O)NC(C)(C)C.CCC. The molecule has 1 aliphatic rings. The molecule has 0 aromatic heterocycles. The fraction of sp³-hybridized carbons (Fsp3) is 0.833. The highest BCUT2D eigenvalue weighted by atomic mass is 16.2. The van der Waals surface area contributed by atoms with Gasteiger partial charge in [-0.25, -0.2) is 4.79 Å². The third-order valence-corrected chi connectivity index (χ3v) is 2.93. The molecule has 1 fully saturated rings. The van der Waals surface area contributed by atoms with E-state index in [9.17, 15) is 14.4 Å². The van der Waals surface area contributed by atoms with Gasteiger partial charge in [-0.3, -0.25) is 9.59 Å². The van der Waals surface area contributed by atoms with Crippen molar-refractivity contribution in [1.82, 2.24) is 15.5 Å². The van der Waals surface area contributed by atoms with Crippen LogP contribution in [0.5, 0.6) is 0 Å². The van der Waals surface area contributed by atoms with E-state index in [1.165, 1.54) is 13.3 Å². The molecule has 6 heteroatoms. The van der Waals surface area contributed by atoms with Crippen LogP contribution in [0.2, 0.25) is 0 Å². The number of ketones is 1. The molecular weight excluding hydrogens is 306 g/mol. The monoisotopic (exact) mass is 343 g/mol. The van der Waals surface area contributed by atoms with Crippen LogP contribution in [-0.4, -0.2) is 47.3 Å². The van der Waals surface area contributed by atoms with E-state index in [1.807, 2.05) is 34.6 Å². The predicted octanol–water partition coefficient (Wildman–Crippen LogP) is 3.11. The second-order valence-corrected chi connectivity index (χ2v) is 6.62. The first-order valence-electron chi connectivity index (χ1n) is 8.98. The lowest BCUT2D eigenvalue weighted by Crippen LogP contribution is -2.50. The van der Waals surface area contributed by atoms with E-state index in [2.05, 4.69) is 24.5 Å². The molecule has 1 heterocycles. The van der Waals surface area contributed by atoms with Crippen molar-refractivity contribution in [3.63, 3.8) is 0 Å². The van der Waals surface area contributed by atoms with Gasteiger partial charge in [0.15, 0.2) is 5.78 Å². The summed E-state index contributed by atoms with van der Waals surface area (Å²) in [6.45, 7) is 15.8. The molecule has 142 valence electrons. The maximum absolute atomic E-state index is 12.0. The van der Waals surface area contributed by atoms with E-state index in [1.54, 1.807) is 4.90 Å². The summed E-state index contributed by atoms with van der Waals surface area (Å²) in [5.74, 6) is -0.202. The number of hydrogen-bond acceptors (Lipinski definition) is 3. The molecule has 0 saturated carbocycles. The van der Waals surface area contributed by atoms with Gasteiger partial charge in [0, 0.05) is 12.1 Å². The number of rotatable bonds is 3. The normalized spacial score (nSPS) is 16.2. The molecule has 1 rings (SSSR count). The third-order valence-electron chi connectivity index (χ3n) is 2.93. The van der Waals surface area contributed by atoms with Crippen LogP contribution >= 0.6 is 0 Å². The molecule has 1 aliphatic heterocycles. The average molecular weight is 344 g/mol. The van der Waals surface area contributed by atoms with Crippen LogP contribution in [-0.2, 0) is 9.59 Å². The van der Waals surface area contributed by atoms with Crippen molar-refractivity contribution in [2.24, 2.45) is 0 Å². The van der Waals surface area contributed by atoms with Crippen molar-refractivity contribution in [1.29, 1.82) is 0 Å². The topological polar surface area (TPSA) is 78.5 Å². The van der Waals surface area contributed by atoms with Gasteiger partial charge in [-0.2, -0.15) is 0 Å². The summed E-state index contributed by atoms with van der Waals surface area (Å²) in [4.78, 5) is 36.4. The molecule has 0 aromatic rings. The minimum absolute atomic E-state index is 0.00462. The van der Waals surface area contributed by atoms with Crippen LogP contribution in [0, 0.1) is 0 Å². The second-order valence-electron chi connectivity index (χ2n) is 6.62. The van der Waals surface area contributed by atoms with Gasteiger partial charge in [0.1, 0.15) is 0 Å². The number of nitrogens with one attached hydrogen (secondary N) is 2. The Labute approximate surface area is 147 Å². The van der Waals surface area contributed by atoms with Crippen molar-refractivity contribution in [3.05, 3.63) is 0 Å². The fourth-order valence-corrected chi connectivity index (χ4v) is 2.13. The lowest BCUT2D eigenvalue weighted by molar-refractivity contribution is -0.136. The average Bonchev–Trinajstić information content (AvgIpc) is 2.95. The zero-order chi connectivity index (χ0) is 19.3. The van der Waals surface area contributed by atoms with Crippen molar-refractivity contribution in [3.8, 4) is 0 Å². The van der Waals surface area contributed by atoms with Gasteiger partial charge < -0.3 is 15.5 Å². The predicted molar refractivity (Wildman–Crippen MR) is 99.0 cm³/mol. The van der Waals surface area contributed by atoms with Gasteiger partial charge in [-0.05, 0) is 40.5 Å². The number of likely N-dealkylation sites (tertiary alicyclic amines) is 1. The van der Waals surface area contributed by atoms with Crippen LogP contribution in [0.1, 0.15) is 74.7 Å². The van der Waals surface area contributed by atoms with Crippen LogP contribution < -0.4 is 10.6 Å². The van der Waals surface area contributed by atoms with Crippen molar-refractivity contribution in [2.75, 3.05) is 13.1 Å². The first-order valence-corrected chi connectivity index (χ1v) is 8.98. The van der Waals surface area contributed by atoms with Gasteiger partial charge in [0.25, 0.3) is 0 Å². The van der Waals surface area contributed by atoms with Crippen molar-refractivity contribution >= 4 is 17.7 Å². The summed E-state index contributed by atoms with van der Waals surface area (Å²) in [7, 11) is 0. The van der Waals surface area contributed by atoms with Crippen molar-refractivity contribution in [2.45, 2.75) is 86.2 Å². The molecule has 0 radical (unpaired) electrons. The zero-order valence-corrected chi connectivity index (χ0v) is 16.8. The van der Waals surface area contributed by atoms with Gasteiger partial charge >= 0.3 is 6.03 Å². The minimum atomic E-state index is -0.376. The van der Waals surface area contributed by atoms with Crippen molar-refractivity contribution < 1.29 is 14.4 Å². The van der Waals surface area contributed by atoms with Gasteiger partial charge in [-0.1, -0.05) is 34.1 Å². The first kappa shape index (κ1) is 24.7. The Balaban J connectivity index is 0. The Hall–Kier alpha value is -1.59. The Bertz CT molecular complexity index is 389. The maximum atomic E-state index is 12.0. The highest BCUT2D eigenvalue weighted by Crippen LogP contribution is 2.17. The standard InChI is InChI=1S/C13H23N3O3.C3H8.C2H6/c1-9(17)10-6-5-7-16(10)11(18)8-14-12(19)15-13(2,3)4;1-3-2;1-2/h10H,5-8H2,1-4H3,(H2,14,15,19);3H2,1-2H3;1-2H3. The molecule has 1 saturated heterocycles. The smallest absolute Gasteiger partial charge is 0.315 e. The fourth-order valence-electron chi connectivity index (χ4n) is 2.13. The number of carbonyl (C=O) groups excluding carboxylic acids is 3. The van der Waals surface area contributed by atoms with E-state index in [0.29, 0.717) is 6.54 Å². The highest BCUT2D eigenvalue weighted by molar-refractivity contribution is 5.90. The lowest BCUT2D eigenvalue weighted by atomic mass is 10.1. The van der Waals surface area contributed by atoms with E-state index >= 15 is 0 Å². The molecule has 3 amide bonds. The number of urea groups is 1. The summed E-state index contributed by atoms with van der Waals surface area (Å²) >= 11 is 0. The Morgan fingerprint density at radius 2 is 1.62 bits per heavy atom. The molecule has 6 nitrogen and oxygen atoms in total. The summed E-state index contributed by atoms with van der Waals surface area (Å²) in [6, 6.07) is -0.695. The Kier molecular flexibility index (Phi) is 13.1. The van der Waals surface area contributed by atoms with Crippen LogP contribution in [0.25, 0.3) is 0 Å². The highest BCUT2D eigenvalue weighted by Gasteiger charge is 2.31. The summed E-state index contributed by atoms with van der Waals surface area (Å²) in [5, 5.41) is 5.23. The van der Waals surface area contributed by atoms with Crippen LogP contribution in [0.3, 0.4) is 0 Å². The Morgan fingerprint density at radius 3 is 2.04 bits per heavy atom. The number of hydrogen-bond donors (Lipinski definition) is 2. The van der Waals surface area contributed by atoms with Crippen LogP contribution in [0.15, 0.2) is 0 Å². The molecule has 1 unspecified atom stereocenters. The van der Waals surface area contributed by atoms with E-state index in [4.69, 9.17) is 0 Å². The quantitative estimate of drug-likeness (QED) is 0.826. The van der Waals surface area contributed by atoms with Crippen LogP contribution in [0.4, 0.5) is 4.79 Å². The molecular formula is C18H37N3O3. The molecule has 0 bridgehead atoms. The molecule has 24 heavy (non-hydrogen) atoms. The van der Waals surface area contributed by atoms with E-state index in [0.717, 1.165) is 12.8 Å². The minimum Gasteiger partial charge on any atom is -0.334 e. The van der Waals surface area contributed by atoms with E-state index in [-0.39, 0.29) is 35.8 Å².